The predicted octanol–water partition coefficient (Wildman–Crippen LogP) is 1.94. The van der Waals surface area contributed by atoms with Crippen molar-refractivity contribution < 1.29 is 18.5 Å². The maximum atomic E-state index is 14.2. The van der Waals surface area contributed by atoms with E-state index in [1.165, 1.54) is 23.1 Å². The van der Waals surface area contributed by atoms with Crippen molar-refractivity contribution in [3.05, 3.63) is 65.7 Å². The second kappa shape index (κ2) is 8.49. The van der Waals surface area contributed by atoms with Gasteiger partial charge in [0.05, 0.1) is 26.2 Å². The molecule has 0 radical (unpaired) electrons. The topological polar surface area (TPSA) is 28.0 Å². The van der Waals surface area contributed by atoms with E-state index < -0.39 is 0 Å². The molecule has 2 aliphatic rings. The number of carbonyl (C=O) groups excluding carboxylic acids is 1. The van der Waals surface area contributed by atoms with Crippen LogP contribution in [0.25, 0.3) is 0 Å². The van der Waals surface area contributed by atoms with Crippen LogP contribution in [0.15, 0.2) is 48.5 Å². The lowest BCUT2D eigenvalue weighted by atomic mass is 10.2. The minimum absolute atomic E-state index is 0.0866. The molecule has 7 heteroatoms. The van der Waals surface area contributed by atoms with Crippen LogP contribution in [-0.4, -0.2) is 55.8 Å². The van der Waals surface area contributed by atoms with Gasteiger partial charge in [-0.2, -0.15) is 0 Å². The summed E-state index contributed by atoms with van der Waals surface area (Å²) in [7, 11) is 0. The van der Waals surface area contributed by atoms with Crippen molar-refractivity contribution in [3.63, 3.8) is 0 Å². The van der Waals surface area contributed by atoms with Gasteiger partial charge >= 0.3 is 0 Å². The molecule has 2 heterocycles. The van der Waals surface area contributed by atoms with Gasteiger partial charge in [-0.3, -0.25) is 4.79 Å². The van der Waals surface area contributed by atoms with E-state index in [1.54, 1.807) is 36.0 Å². The molecule has 4 rings (SSSR count). The molecule has 0 unspecified atom stereocenters. The van der Waals surface area contributed by atoms with Crippen LogP contribution in [0.5, 0.6) is 0 Å². The Morgan fingerprint density at radius 2 is 1.75 bits per heavy atom. The van der Waals surface area contributed by atoms with Crippen molar-refractivity contribution in [2.75, 3.05) is 49.9 Å². The van der Waals surface area contributed by atoms with Gasteiger partial charge in [0.2, 0.25) is 0 Å². The van der Waals surface area contributed by atoms with E-state index in [1.807, 2.05) is 11.0 Å². The second-order valence-electron chi connectivity index (χ2n) is 7.22. The maximum absolute atomic E-state index is 14.2. The van der Waals surface area contributed by atoms with Gasteiger partial charge in [-0.15, -0.1) is 11.8 Å². The van der Waals surface area contributed by atoms with Gasteiger partial charge in [0, 0.05) is 23.5 Å². The van der Waals surface area contributed by atoms with Crippen LogP contribution in [-0.2, 0) is 4.79 Å². The van der Waals surface area contributed by atoms with Gasteiger partial charge in [-0.1, -0.05) is 18.2 Å². The fraction of sp³-hybridized carbons (Fsp3) is 0.381. The van der Waals surface area contributed by atoms with Crippen molar-refractivity contribution in [2.45, 2.75) is 5.37 Å². The lowest BCUT2D eigenvalue weighted by molar-refractivity contribution is -0.892. The molecule has 2 aromatic carbocycles. The monoisotopic (exact) mass is 404 g/mol. The van der Waals surface area contributed by atoms with Gasteiger partial charge in [0.1, 0.15) is 17.0 Å². The van der Waals surface area contributed by atoms with Crippen LogP contribution in [0.4, 0.5) is 14.5 Å². The summed E-state index contributed by atoms with van der Waals surface area (Å²) in [4.78, 5) is 18.2. The number of anilines is 1. The average Bonchev–Trinajstić information content (AvgIpc) is 3.19. The molecule has 0 spiro atoms. The average molecular weight is 405 g/mol. The predicted molar refractivity (Wildman–Crippen MR) is 107 cm³/mol. The quantitative estimate of drug-likeness (QED) is 0.844. The molecular weight excluding hydrogens is 380 g/mol. The van der Waals surface area contributed by atoms with Crippen molar-refractivity contribution in [1.82, 2.24) is 4.90 Å². The van der Waals surface area contributed by atoms with Crippen molar-refractivity contribution in [2.24, 2.45) is 0 Å². The van der Waals surface area contributed by atoms with Crippen LogP contribution in [0, 0.1) is 11.6 Å². The summed E-state index contributed by atoms with van der Waals surface area (Å²) in [6, 6.07) is 13.3. The Balaban J connectivity index is 1.34. The van der Waals surface area contributed by atoms with E-state index in [-0.39, 0.29) is 22.9 Å². The van der Waals surface area contributed by atoms with Gasteiger partial charge in [-0.25, -0.2) is 8.78 Å². The molecule has 2 fully saturated rings. The third-order valence-electron chi connectivity index (χ3n) is 5.45. The molecule has 0 aromatic heterocycles. The number of nitrogens with one attached hydrogen (secondary N) is 1. The van der Waals surface area contributed by atoms with E-state index in [0.29, 0.717) is 18.7 Å². The highest BCUT2D eigenvalue weighted by Gasteiger charge is 2.34. The Labute approximate surface area is 168 Å². The molecule has 1 N–H and O–H groups in total. The Bertz CT molecular complexity index is 825. The molecule has 1 atom stereocenters. The Morgan fingerprint density at radius 3 is 2.46 bits per heavy atom. The number of hydrogen-bond donors (Lipinski definition) is 1. The molecule has 2 aromatic rings. The zero-order valence-electron chi connectivity index (χ0n) is 15.6. The van der Waals surface area contributed by atoms with Gasteiger partial charge in [0.25, 0.3) is 5.91 Å². The van der Waals surface area contributed by atoms with E-state index in [2.05, 4.69) is 4.90 Å². The second-order valence-corrected chi connectivity index (χ2v) is 8.41. The molecule has 2 saturated heterocycles. The number of carbonyl (C=O) groups is 1. The summed E-state index contributed by atoms with van der Waals surface area (Å²) in [5.74, 6) is 0.438. The lowest BCUT2D eigenvalue weighted by Crippen LogP contribution is -3.15. The van der Waals surface area contributed by atoms with Crippen LogP contribution < -0.4 is 9.80 Å². The third kappa shape index (κ3) is 4.15. The maximum Gasteiger partial charge on any atom is 0.278 e. The summed E-state index contributed by atoms with van der Waals surface area (Å²) >= 11 is 1.62. The normalized spacial score (nSPS) is 20.6. The lowest BCUT2D eigenvalue weighted by Gasteiger charge is -2.34. The van der Waals surface area contributed by atoms with Gasteiger partial charge in [0.15, 0.2) is 6.54 Å². The highest BCUT2D eigenvalue weighted by Crippen LogP contribution is 2.38. The summed E-state index contributed by atoms with van der Waals surface area (Å²) in [5.41, 5.74) is 1.61. The molecule has 28 heavy (non-hydrogen) atoms. The summed E-state index contributed by atoms with van der Waals surface area (Å²) < 4.78 is 27.3. The number of benzene rings is 2. The Morgan fingerprint density at radius 1 is 1.04 bits per heavy atom. The Kier molecular flexibility index (Phi) is 5.82. The van der Waals surface area contributed by atoms with Crippen molar-refractivity contribution in [1.29, 1.82) is 0 Å². The fourth-order valence-corrected chi connectivity index (χ4v) is 5.18. The number of nitrogens with zero attached hydrogens (tertiary/aromatic N) is 2. The molecular formula is C21H24F2N3OS+. The third-order valence-corrected chi connectivity index (χ3v) is 6.69. The first-order valence-electron chi connectivity index (χ1n) is 9.61. The largest absolute Gasteiger partial charge is 0.360 e. The molecule has 0 saturated carbocycles. The smallest absolute Gasteiger partial charge is 0.278 e. The first-order chi connectivity index (χ1) is 13.6. The Hall–Kier alpha value is -2.12. The van der Waals surface area contributed by atoms with E-state index in [4.69, 9.17) is 0 Å². The minimum Gasteiger partial charge on any atom is -0.360 e. The van der Waals surface area contributed by atoms with Crippen LogP contribution in [0.3, 0.4) is 0 Å². The SMILES string of the molecule is O=C(C[NH+]1CCN(c2ccc(F)cc2)CC1)N1CCS[C@H]1c1ccccc1F. The first-order valence-corrected chi connectivity index (χ1v) is 10.7. The zero-order valence-corrected chi connectivity index (χ0v) is 16.4. The number of hydrogen-bond acceptors (Lipinski definition) is 3. The number of rotatable bonds is 4. The van der Waals surface area contributed by atoms with E-state index >= 15 is 0 Å². The highest BCUT2D eigenvalue weighted by atomic mass is 32.2. The van der Waals surface area contributed by atoms with Crippen molar-refractivity contribution >= 4 is 23.4 Å². The molecule has 4 nitrogen and oxygen atoms in total. The number of amides is 1. The number of piperazine rings is 1. The fourth-order valence-electron chi connectivity index (χ4n) is 3.88. The minimum atomic E-state index is -0.250. The van der Waals surface area contributed by atoms with Gasteiger partial charge < -0.3 is 14.7 Å². The highest BCUT2D eigenvalue weighted by molar-refractivity contribution is 7.99. The van der Waals surface area contributed by atoms with E-state index in [9.17, 15) is 13.6 Å². The van der Waals surface area contributed by atoms with Crippen LogP contribution in [0.1, 0.15) is 10.9 Å². The summed E-state index contributed by atoms with van der Waals surface area (Å²) in [6.45, 7) is 4.47. The number of halogens is 2. The first kappa shape index (κ1) is 19.2. The molecule has 148 valence electrons. The number of quaternary nitrogens is 1. The molecule has 0 bridgehead atoms. The van der Waals surface area contributed by atoms with Gasteiger partial charge in [-0.05, 0) is 30.3 Å². The molecule has 0 aliphatic carbocycles. The van der Waals surface area contributed by atoms with Crippen molar-refractivity contribution in [3.8, 4) is 0 Å². The summed E-state index contributed by atoms with van der Waals surface area (Å²) in [5, 5.41) is -0.228. The van der Waals surface area contributed by atoms with Crippen LogP contribution >= 0.6 is 11.8 Å². The molecule has 2 aliphatic heterocycles. The zero-order chi connectivity index (χ0) is 19.5. The summed E-state index contributed by atoms with van der Waals surface area (Å²) in [6.07, 6.45) is 0. The standard InChI is InChI=1S/C21H23F2N3OS/c22-16-5-7-17(8-6-16)25-11-9-24(10-12-25)15-20(27)26-13-14-28-21(26)18-3-1-2-4-19(18)23/h1-8,21H,9-15H2/p+1/t21-/m0/s1. The van der Waals surface area contributed by atoms with Crippen LogP contribution in [0.2, 0.25) is 0 Å². The number of thioether (sulfide) groups is 1. The van der Waals surface area contributed by atoms with E-state index in [0.717, 1.165) is 37.6 Å². The molecule has 1 amide bonds.